The van der Waals surface area contributed by atoms with Crippen LogP contribution < -0.4 is 0 Å². The van der Waals surface area contributed by atoms with Gasteiger partial charge in [0.2, 0.25) is 0 Å². The standard InChI is InChI=1S/C22H32O2/c1-2-24-22(23)16-17-7-6-10-21(15-17)20-13-11-19(12-14-20)18-8-4-3-5-9-18/h11-14,17-18,21H,2-10,15-16H2,1H3. The van der Waals surface area contributed by atoms with Gasteiger partial charge in [0.25, 0.3) is 0 Å². The van der Waals surface area contributed by atoms with Crippen molar-refractivity contribution in [2.75, 3.05) is 6.61 Å². The Bertz CT molecular complexity index is 513. The van der Waals surface area contributed by atoms with Gasteiger partial charge >= 0.3 is 5.97 Å². The van der Waals surface area contributed by atoms with Crippen LogP contribution >= 0.6 is 0 Å². The van der Waals surface area contributed by atoms with Crippen molar-refractivity contribution < 1.29 is 9.53 Å². The summed E-state index contributed by atoms with van der Waals surface area (Å²) in [5.41, 5.74) is 3.01. The molecule has 0 N–H and O–H groups in total. The molecule has 2 aliphatic carbocycles. The van der Waals surface area contributed by atoms with Crippen LogP contribution in [0.1, 0.15) is 94.1 Å². The summed E-state index contributed by atoms with van der Waals surface area (Å²) in [5, 5.41) is 0. The van der Waals surface area contributed by atoms with E-state index in [0.29, 0.717) is 24.9 Å². The van der Waals surface area contributed by atoms with Crippen LogP contribution in [0.3, 0.4) is 0 Å². The van der Waals surface area contributed by atoms with E-state index in [1.54, 1.807) is 0 Å². The molecular weight excluding hydrogens is 296 g/mol. The first-order chi connectivity index (χ1) is 11.8. The topological polar surface area (TPSA) is 26.3 Å². The molecule has 0 aromatic heterocycles. The molecule has 2 unspecified atom stereocenters. The number of hydrogen-bond donors (Lipinski definition) is 0. The van der Waals surface area contributed by atoms with Crippen molar-refractivity contribution in [1.82, 2.24) is 0 Å². The summed E-state index contributed by atoms with van der Waals surface area (Å²) in [5.74, 6) is 1.89. The molecule has 2 aliphatic rings. The molecule has 2 fully saturated rings. The lowest BCUT2D eigenvalue weighted by Gasteiger charge is -2.29. The summed E-state index contributed by atoms with van der Waals surface area (Å²) in [7, 11) is 0. The number of rotatable bonds is 5. The molecule has 3 rings (SSSR count). The lowest BCUT2D eigenvalue weighted by Crippen LogP contribution is -2.18. The Morgan fingerprint density at radius 3 is 2.21 bits per heavy atom. The van der Waals surface area contributed by atoms with Crippen molar-refractivity contribution in [3.8, 4) is 0 Å². The molecule has 0 heterocycles. The van der Waals surface area contributed by atoms with Gasteiger partial charge in [-0.05, 0) is 67.9 Å². The summed E-state index contributed by atoms with van der Waals surface area (Å²) in [6.07, 6.45) is 12.4. The number of carbonyl (C=O) groups excluding carboxylic acids is 1. The summed E-state index contributed by atoms with van der Waals surface area (Å²) >= 11 is 0. The molecule has 24 heavy (non-hydrogen) atoms. The fourth-order valence-electron chi connectivity index (χ4n) is 4.71. The Morgan fingerprint density at radius 2 is 1.54 bits per heavy atom. The lowest BCUT2D eigenvalue weighted by molar-refractivity contribution is -0.144. The molecular formula is C22H32O2. The highest BCUT2D eigenvalue weighted by Gasteiger charge is 2.25. The van der Waals surface area contributed by atoms with E-state index in [0.717, 1.165) is 12.3 Å². The molecule has 0 amide bonds. The Morgan fingerprint density at radius 1 is 0.917 bits per heavy atom. The molecule has 0 spiro atoms. The van der Waals surface area contributed by atoms with Crippen LogP contribution in [0.5, 0.6) is 0 Å². The Kier molecular flexibility index (Phi) is 6.34. The normalized spacial score (nSPS) is 25.4. The fourth-order valence-corrected chi connectivity index (χ4v) is 4.71. The molecule has 0 bridgehead atoms. The van der Waals surface area contributed by atoms with Crippen LogP contribution in [0.2, 0.25) is 0 Å². The van der Waals surface area contributed by atoms with E-state index in [2.05, 4.69) is 24.3 Å². The SMILES string of the molecule is CCOC(=O)CC1CCCC(c2ccc(C3CCCCC3)cc2)C1. The fraction of sp³-hybridized carbons (Fsp3) is 0.682. The maximum Gasteiger partial charge on any atom is 0.306 e. The van der Waals surface area contributed by atoms with Crippen molar-refractivity contribution in [2.24, 2.45) is 5.92 Å². The van der Waals surface area contributed by atoms with E-state index in [1.807, 2.05) is 6.92 Å². The molecule has 132 valence electrons. The zero-order valence-electron chi connectivity index (χ0n) is 15.1. The largest absolute Gasteiger partial charge is 0.466 e. The summed E-state index contributed by atoms with van der Waals surface area (Å²) in [6.45, 7) is 2.38. The van der Waals surface area contributed by atoms with E-state index in [4.69, 9.17) is 4.74 Å². The van der Waals surface area contributed by atoms with Gasteiger partial charge in [-0.3, -0.25) is 4.79 Å². The second-order valence-corrected chi connectivity index (χ2v) is 7.74. The van der Waals surface area contributed by atoms with Crippen LogP contribution in [0.25, 0.3) is 0 Å². The van der Waals surface area contributed by atoms with E-state index in [1.165, 1.54) is 62.5 Å². The summed E-state index contributed by atoms with van der Waals surface area (Å²) in [6, 6.07) is 9.48. The number of esters is 1. The number of carbonyl (C=O) groups is 1. The van der Waals surface area contributed by atoms with Crippen molar-refractivity contribution in [3.63, 3.8) is 0 Å². The molecule has 2 atom stereocenters. The second kappa shape index (κ2) is 8.69. The summed E-state index contributed by atoms with van der Waals surface area (Å²) in [4.78, 5) is 11.8. The van der Waals surface area contributed by atoms with Crippen LogP contribution in [-0.2, 0) is 9.53 Å². The monoisotopic (exact) mass is 328 g/mol. The molecule has 2 nitrogen and oxygen atoms in total. The maximum atomic E-state index is 11.8. The predicted molar refractivity (Wildman–Crippen MR) is 98.2 cm³/mol. The highest BCUT2D eigenvalue weighted by atomic mass is 16.5. The molecule has 2 heteroatoms. The Balaban J connectivity index is 1.58. The molecule has 0 radical (unpaired) electrons. The smallest absolute Gasteiger partial charge is 0.306 e. The first-order valence-electron chi connectivity index (χ1n) is 10.0. The number of hydrogen-bond acceptors (Lipinski definition) is 2. The molecule has 2 saturated carbocycles. The van der Waals surface area contributed by atoms with E-state index in [-0.39, 0.29) is 5.97 Å². The van der Waals surface area contributed by atoms with Crippen LogP contribution in [0, 0.1) is 5.92 Å². The van der Waals surface area contributed by atoms with Crippen LogP contribution in [0.4, 0.5) is 0 Å². The maximum absolute atomic E-state index is 11.8. The van der Waals surface area contributed by atoms with E-state index >= 15 is 0 Å². The van der Waals surface area contributed by atoms with Gasteiger partial charge in [0, 0.05) is 6.42 Å². The quantitative estimate of drug-likeness (QED) is 0.623. The van der Waals surface area contributed by atoms with Gasteiger partial charge in [0.05, 0.1) is 6.61 Å². The van der Waals surface area contributed by atoms with Crippen molar-refractivity contribution in [2.45, 2.75) is 83.0 Å². The molecule has 1 aromatic carbocycles. The van der Waals surface area contributed by atoms with Gasteiger partial charge < -0.3 is 4.74 Å². The third kappa shape index (κ3) is 4.62. The molecule has 0 aliphatic heterocycles. The predicted octanol–water partition coefficient (Wildman–Crippen LogP) is 5.96. The highest BCUT2D eigenvalue weighted by Crippen LogP contribution is 2.39. The molecule has 1 aromatic rings. The minimum absolute atomic E-state index is 0.0178. The average Bonchev–Trinajstić information content (AvgIpc) is 2.63. The minimum Gasteiger partial charge on any atom is -0.466 e. The first-order valence-corrected chi connectivity index (χ1v) is 10.0. The van der Waals surface area contributed by atoms with Crippen LogP contribution in [0.15, 0.2) is 24.3 Å². The highest BCUT2D eigenvalue weighted by molar-refractivity contribution is 5.69. The van der Waals surface area contributed by atoms with Gasteiger partial charge in [-0.15, -0.1) is 0 Å². The van der Waals surface area contributed by atoms with Gasteiger partial charge in [-0.25, -0.2) is 0 Å². The zero-order chi connectivity index (χ0) is 16.8. The average molecular weight is 328 g/mol. The van der Waals surface area contributed by atoms with Gasteiger partial charge in [0.15, 0.2) is 0 Å². The lowest BCUT2D eigenvalue weighted by atomic mass is 9.76. The number of ether oxygens (including phenoxy) is 1. The molecule has 0 saturated heterocycles. The Labute approximate surface area is 147 Å². The van der Waals surface area contributed by atoms with Crippen LogP contribution in [-0.4, -0.2) is 12.6 Å². The van der Waals surface area contributed by atoms with Gasteiger partial charge in [-0.2, -0.15) is 0 Å². The first kappa shape index (κ1) is 17.5. The second-order valence-electron chi connectivity index (χ2n) is 7.74. The third-order valence-corrected chi connectivity index (χ3v) is 6.03. The minimum atomic E-state index is -0.0178. The van der Waals surface area contributed by atoms with Crippen molar-refractivity contribution in [3.05, 3.63) is 35.4 Å². The van der Waals surface area contributed by atoms with E-state index in [9.17, 15) is 4.79 Å². The van der Waals surface area contributed by atoms with Gasteiger partial charge in [-0.1, -0.05) is 49.9 Å². The van der Waals surface area contributed by atoms with Crippen molar-refractivity contribution in [1.29, 1.82) is 0 Å². The zero-order valence-corrected chi connectivity index (χ0v) is 15.1. The number of benzene rings is 1. The third-order valence-electron chi connectivity index (χ3n) is 6.03. The Hall–Kier alpha value is -1.31. The summed E-state index contributed by atoms with van der Waals surface area (Å²) < 4.78 is 5.13. The van der Waals surface area contributed by atoms with E-state index < -0.39 is 0 Å². The van der Waals surface area contributed by atoms with Crippen molar-refractivity contribution >= 4 is 5.97 Å². The van der Waals surface area contributed by atoms with Gasteiger partial charge in [0.1, 0.15) is 0 Å².